The van der Waals surface area contributed by atoms with Crippen molar-refractivity contribution in [2.45, 2.75) is 26.9 Å². The first-order chi connectivity index (χ1) is 16.9. The minimum atomic E-state index is -0.611. The Morgan fingerprint density at radius 1 is 1.11 bits per heavy atom. The SMILES string of the molecule is CNCC(O)COc1cccc(-c2nc(-c3c(C)noc3C)cc(N(C)c3cnc(C)nc3)n2)c1. The van der Waals surface area contributed by atoms with Crippen molar-refractivity contribution in [1.82, 2.24) is 30.4 Å². The summed E-state index contributed by atoms with van der Waals surface area (Å²) in [4.78, 5) is 20.2. The molecule has 1 atom stereocenters. The Labute approximate surface area is 204 Å². The molecule has 0 saturated heterocycles. The second kappa shape index (κ2) is 10.6. The van der Waals surface area contributed by atoms with Crippen molar-refractivity contribution in [2.75, 3.05) is 32.1 Å². The monoisotopic (exact) mass is 475 g/mol. The third-order valence-corrected chi connectivity index (χ3v) is 5.47. The van der Waals surface area contributed by atoms with Crippen LogP contribution in [0, 0.1) is 20.8 Å². The van der Waals surface area contributed by atoms with E-state index in [-0.39, 0.29) is 6.61 Å². The summed E-state index contributed by atoms with van der Waals surface area (Å²) in [6, 6.07) is 9.38. The van der Waals surface area contributed by atoms with E-state index < -0.39 is 6.10 Å². The average Bonchev–Trinajstić information content (AvgIpc) is 3.20. The Morgan fingerprint density at radius 3 is 2.57 bits per heavy atom. The molecule has 0 aliphatic carbocycles. The molecule has 1 unspecified atom stereocenters. The predicted octanol–water partition coefficient (Wildman–Crippen LogP) is 3.24. The topological polar surface area (TPSA) is 122 Å². The number of hydrogen-bond acceptors (Lipinski definition) is 10. The molecule has 0 aliphatic rings. The summed E-state index contributed by atoms with van der Waals surface area (Å²) in [6.45, 7) is 6.20. The Balaban J connectivity index is 1.75. The molecule has 10 heteroatoms. The fourth-order valence-electron chi connectivity index (χ4n) is 3.62. The predicted molar refractivity (Wildman–Crippen MR) is 133 cm³/mol. The maximum atomic E-state index is 9.97. The highest BCUT2D eigenvalue weighted by molar-refractivity contribution is 5.72. The number of nitrogens with one attached hydrogen (secondary N) is 1. The molecule has 0 saturated carbocycles. The lowest BCUT2D eigenvalue weighted by Gasteiger charge is -2.19. The molecular weight excluding hydrogens is 446 g/mol. The second-order valence-corrected chi connectivity index (χ2v) is 8.23. The lowest BCUT2D eigenvalue weighted by molar-refractivity contribution is 0.108. The van der Waals surface area contributed by atoms with E-state index in [4.69, 9.17) is 19.2 Å². The van der Waals surface area contributed by atoms with Crippen molar-refractivity contribution in [3.63, 3.8) is 0 Å². The fourth-order valence-corrected chi connectivity index (χ4v) is 3.62. The van der Waals surface area contributed by atoms with Crippen LogP contribution in [0.1, 0.15) is 17.3 Å². The number of likely N-dealkylation sites (N-methyl/N-ethyl adjacent to an activating group) is 1. The number of aliphatic hydroxyl groups is 1. The van der Waals surface area contributed by atoms with Crippen LogP contribution in [0.2, 0.25) is 0 Å². The molecular formula is C25H29N7O3. The molecule has 4 rings (SSSR count). The zero-order valence-corrected chi connectivity index (χ0v) is 20.5. The maximum absolute atomic E-state index is 9.97. The fraction of sp³-hybridized carbons (Fsp3) is 0.320. The number of aromatic nitrogens is 5. The van der Waals surface area contributed by atoms with E-state index >= 15 is 0 Å². The van der Waals surface area contributed by atoms with Gasteiger partial charge in [-0.2, -0.15) is 0 Å². The van der Waals surface area contributed by atoms with Crippen molar-refractivity contribution in [3.05, 3.63) is 60.0 Å². The Kier molecular flexibility index (Phi) is 7.33. The van der Waals surface area contributed by atoms with Gasteiger partial charge < -0.3 is 24.6 Å². The van der Waals surface area contributed by atoms with Gasteiger partial charge >= 0.3 is 0 Å². The summed E-state index contributed by atoms with van der Waals surface area (Å²) in [6.07, 6.45) is 2.90. The number of aryl methyl sites for hydroxylation is 3. The number of ether oxygens (including phenoxy) is 1. The van der Waals surface area contributed by atoms with Crippen LogP contribution >= 0.6 is 0 Å². The molecule has 10 nitrogen and oxygen atoms in total. The van der Waals surface area contributed by atoms with Gasteiger partial charge in [-0.1, -0.05) is 17.3 Å². The highest BCUT2D eigenvalue weighted by Crippen LogP contribution is 2.32. The number of rotatable bonds is 9. The second-order valence-electron chi connectivity index (χ2n) is 8.23. The highest BCUT2D eigenvalue weighted by Gasteiger charge is 2.19. The van der Waals surface area contributed by atoms with Crippen LogP contribution in [-0.4, -0.2) is 63.6 Å². The third-order valence-electron chi connectivity index (χ3n) is 5.47. The van der Waals surface area contributed by atoms with Gasteiger partial charge in [0.1, 0.15) is 35.9 Å². The first-order valence-electron chi connectivity index (χ1n) is 11.3. The molecule has 2 N–H and O–H groups in total. The van der Waals surface area contributed by atoms with Gasteiger partial charge in [-0.05, 0) is 40.0 Å². The van der Waals surface area contributed by atoms with Crippen molar-refractivity contribution < 1.29 is 14.4 Å². The first-order valence-corrected chi connectivity index (χ1v) is 11.3. The van der Waals surface area contributed by atoms with Crippen LogP contribution in [0.4, 0.5) is 11.5 Å². The summed E-state index contributed by atoms with van der Waals surface area (Å²) in [5.41, 5.74) is 3.83. The molecule has 4 aromatic rings. The molecule has 0 radical (unpaired) electrons. The number of nitrogens with zero attached hydrogens (tertiary/aromatic N) is 6. The zero-order chi connectivity index (χ0) is 24.9. The van der Waals surface area contributed by atoms with Gasteiger partial charge in [-0.3, -0.25) is 0 Å². The summed E-state index contributed by atoms with van der Waals surface area (Å²) >= 11 is 0. The molecule has 0 aliphatic heterocycles. The summed E-state index contributed by atoms with van der Waals surface area (Å²) < 4.78 is 11.2. The molecule has 35 heavy (non-hydrogen) atoms. The van der Waals surface area contributed by atoms with Gasteiger partial charge in [-0.25, -0.2) is 19.9 Å². The smallest absolute Gasteiger partial charge is 0.162 e. The first kappa shape index (κ1) is 24.2. The Morgan fingerprint density at radius 2 is 1.89 bits per heavy atom. The molecule has 182 valence electrons. The van der Waals surface area contributed by atoms with Gasteiger partial charge in [0.25, 0.3) is 0 Å². The molecule has 3 heterocycles. The summed E-state index contributed by atoms with van der Waals surface area (Å²) in [7, 11) is 3.68. The average molecular weight is 476 g/mol. The minimum absolute atomic E-state index is 0.172. The number of benzene rings is 1. The number of anilines is 2. The quantitative estimate of drug-likeness (QED) is 0.373. The van der Waals surface area contributed by atoms with Crippen LogP contribution < -0.4 is 15.0 Å². The van der Waals surface area contributed by atoms with Crippen LogP contribution in [0.3, 0.4) is 0 Å². The van der Waals surface area contributed by atoms with E-state index in [1.54, 1.807) is 19.4 Å². The van der Waals surface area contributed by atoms with E-state index in [2.05, 4.69) is 20.4 Å². The lowest BCUT2D eigenvalue weighted by Crippen LogP contribution is -2.29. The van der Waals surface area contributed by atoms with E-state index in [0.717, 1.165) is 22.5 Å². The van der Waals surface area contributed by atoms with E-state index in [9.17, 15) is 5.11 Å². The van der Waals surface area contributed by atoms with Crippen LogP contribution in [0.15, 0.2) is 47.2 Å². The van der Waals surface area contributed by atoms with Gasteiger partial charge in [-0.15, -0.1) is 0 Å². The third kappa shape index (κ3) is 5.61. The molecule has 0 amide bonds. The van der Waals surface area contributed by atoms with Crippen molar-refractivity contribution in [3.8, 4) is 28.4 Å². The van der Waals surface area contributed by atoms with Gasteiger partial charge in [0.2, 0.25) is 0 Å². The maximum Gasteiger partial charge on any atom is 0.162 e. The Bertz CT molecular complexity index is 1270. The normalized spacial score (nSPS) is 11.9. The van der Waals surface area contributed by atoms with Gasteiger partial charge in [0, 0.05) is 25.2 Å². The largest absolute Gasteiger partial charge is 0.491 e. The van der Waals surface area contributed by atoms with Crippen LogP contribution in [0.25, 0.3) is 22.6 Å². The van der Waals surface area contributed by atoms with E-state index in [1.807, 2.05) is 63.1 Å². The standard InChI is InChI=1S/C25H29N7O3/c1-15-24(16(2)35-31-15)22-10-23(32(5)19-11-27-17(3)28-12-19)30-25(29-22)18-7-6-8-21(9-18)34-14-20(33)13-26-4/h6-12,20,26,33H,13-14H2,1-5H3. The van der Waals surface area contributed by atoms with Crippen molar-refractivity contribution >= 4 is 11.5 Å². The van der Waals surface area contributed by atoms with E-state index in [0.29, 0.717) is 41.2 Å². The molecule has 0 spiro atoms. The van der Waals surface area contributed by atoms with Crippen molar-refractivity contribution in [2.24, 2.45) is 0 Å². The van der Waals surface area contributed by atoms with Crippen molar-refractivity contribution in [1.29, 1.82) is 0 Å². The van der Waals surface area contributed by atoms with Crippen LogP contribution in [-0.2, 0) is 0 Å². The number of hydrogen-bond donors (Lipinski definition) is 2. The van der Waals surface area contributed by atoms with E-state index in [1.165, 1.54) is 0 Å². The van der Waals surface area contributed by atoms with Crippen LogP contribution in [0.5, 0.6) is 5.75 Å². The van der Waals surface area contributed by atoms with Gasteiger partial charge in [0.15, 0.2) is 5.82 Å². The van der Waals surface area contributed by atoms with Gasteiger partial charge in [0.05, 0.1) is 35.0 Å². The summed E-state index contributed by atoms with van der Waals surface area (Å²) in [5, 5.41) is 17.0. The Hall–Kier alpha value is -3.89. The zero-order valence-electron chi connectivity index (χ0n) is 20.5. The molecule has 0 fully saturated rings. The summed E-state index contributed by atoms with van der Waals surface area (Å²) in [5.74, 6) is 3.16. The highest BCUT2D eigenvalue weighted by atomic mass is 16.5. The molecule has 3 aromatic heterocycles. The number of aliphatic hydroxyl groups excluding tert-OH is 1. The molecule has 1 aromatic carbocycles. The lowest BCUT2D eigenvalue weighted by atomic mass is 10.1. The minimum Gasteiger partial charge on any atom is -0.491 e. The molecule has 0 bridgehead atoms.